The van der Waals surface area contributed by atoms with Crippen LogP contribution >= 0.6 is 0 Å². The molecule has 0 fully saturated rings. The molecule has 0 aromatic carbocycles. The number of amides is 1. The van der Waals surface area contributed by atoms with Crippen molar-refractivity contribution >= 4 is 11.6 Å². The van der Waals surface area contributed by atoms with Crippen LogP contribution in [0.2, 0.25) is 0 Å². The molecule has 2 heterocycles. The van der Waals surface area contributed by atoms with E-state index in [9.17, 15) is 4.79 Å². The predicted molar refractivity (Wildman–Crippen MR) is 69.6 cm³/mol. The first kappa shape index (κ1) is 12.3. The van der Waals surface area contributed by atoms with Crippen molar-refractivity contribution in [2.45, 2.75) is 27.3 Å². The SMILES string of the molecule is CCn1nc(C)c(NC(=O)c2ccncc2)c1C. The van der Waals surface area contributed by atoms with Crippen LogP contribution in [0.3, 0.4) is 0 Å². The minimum absolute atomic E-state index is 0.140. The van der Waals surface area contributed by atoms with Gasteiger partial charge in [-0.1, -0.05) is 0 Å². The van der Waals surface area contributed by atoms with Crippen molar-refractivity contribution in [1.82, 2.24) is 14.8 Å². The Morgan fingerprint density at radius 1 is 1.33 bits per heavy atom. The summed E-state index contributed by atoms with van der Waals surface area (Å²) < 4.78 is 1.87. The van der Waals surface area contributed by atoms with Crippen LogP contribution in [0.25, 0.3) is 0 Å². The van der Waals surface area contributed by atoms with Gasteiger partial charge in [-0.3, -0.25) is 14.5 Å². The molecule has 2 aromatic heterocycles. The van der Waals surface area contributed by atoms with E-state index in [0.717, 1.165) is 23.6 Å². The zero-order valence-corrected chi connectivity index (χ0v) is 10.8. The molecule has 0 atom stereocenters. The Hall–Kier alpha value is -2.17. The normalized spacial score (nSPS) is 10.4. The molecule has 18 heavy (non-hydrogen) atoms. The molecular weight excluding hydrogens is 228 g/mol. The Kier molecular flexibility index (Phi) is 3.41. The van der Waals surface area contributed by atoms with Crippen molar-refractivity contribution in [3.05, 3.63) is 41.5 Å². The van der Waals surface area contributed by atoms with Crippen molar-refractivity contribution < 1.29 is 4.79 Å². The third kappa shape index (κ3) is 2.25. The summed E-state index contributed by atoms with van der Waals surface area (Å²) in [6.45, 7) is 6.65. The number of aromatic nitrogens is 3. The highest BCUT2D eigenvalue weighted by molar-refractivity contribution is 6.04. The van der Waals surface area contributed by atoms with E-state index in [1.807, 2.05) is 25.5 Å². The van der Waals surface area contributed by atoms with Gasteiger partial charge >= 0.3 is 0 Å². The van der Waals surface area contributed by atoms with Gasteiger partial charge in [-0.15, -0.1) is 0 Å². The van der Waals surface area contributed by atoms with E-state index in [0.29, 0.717) is 5.56 Å². The Morgan fingerprint density at radius 2 is 2.00 bits per heavy atom. The average molecular weight is 244 g/mol. The monoisotopic (exact) mass is 244 g/mol. The number of carbonyl (C=O) groups is 1. The molecule has 94 valence electrons. The summed E-state index contributed by atoms with van der Waals surface area (Å²) >= 11 is 0. The van der Waals surface area contributed by atoms with Gasteiger partial charge in [-0.25, -0.2) is 0 Å². The second-order valence-electron chi connectivity index (χ2n) is 4.05. The minimum atomic E-state index is -0.140. The van der Waals surface area contributed by atoms with E-state index in [-0.39, 0.29) is 5.91 Å². The number of anilines is 1. The summed E-state index contributed by atoms with van der Waals surface area (Å²) in [5.74, 6) is -0.140. The van der Waals surface area contributed by atoms with Crippen LogP contribution in [-0.2, 0) is 6.54 Å². The van der Waals surface area contributed by atoms with E-state index < -0.39 is 0 Å². The van der Waals surface area contributed by atoms with E-state index in [1.165, 1.54) is 0 Å². The van der Waals surface area contributed by atoms with E-state index >= 15 is 0 Å². The number of pyridine rings is 1. The number of nitrogens with zero attached hydrogens (tertiary/aromatic N) is 3. The van der Waals surface area contributed by atoms with Crippen LogP contribution in [0.5, 0.6) is 0 Å². The van der Waals surface area contributed by atoms with E-state index in [4.69, 9.17) is 0 Å². The lowest BCUT2D eigenvalue weighted by atomic mass is 10.2. The molecule has 0 saturated heterocycles. The number of nitrogens with one attached hydrogen (secondary N) is 1. The lowest BCUT2D eigenvalue weighted by Crippen LogP contribution is -2.13. The van der Waals surface area contributed by atoms with Gasteiger partial charge in [0.1, 0.15) is 0 Å². The highest BCUT2D eigenvalue weighted by Gasteiger charge is 2.14. The summed E-state index contributed by atoms with van der Waals surface area (Å²) in [6.07, 6.45) is 3.20. The Bertz CT molecular complexity index is 560. The fourth-order valence-electron chi connectivity index (χ4n) is 1.87. The van der Waals surface area contributed by atoms with Crippen molar-refractivity contribution in [2.24, 2.45) is 0 Å². The van der Waals surface area contributed by atoms with Crippen LogP contribution in [0.4, 0.5) is 5.69 Å². The van der Waals surface area contributed by atoms with E-state index in [2.05, 4.69) is 15.4 Å². The third-order valence-electron chi connectivity index (χ3n) is 2.86. The molecule has 2 aromatic rings. The van der Waals surface area contributed by atoms with Gasteiger partial charge in [0.05, 0.1) is 17.1 Å². The quantitative estimate of drug-likeness (QED) is 0.900. The largest absolute Gasteiger partial charge is 0.319 e. The molecule has 5 heteroatoms. The van der Waals surface area contributed by atoms with Crippen LogP contribution in [0.15, 0.2) is 24.5 Å². The summed E-state index contributed by atoms with van der Waals surface area (Å²) in [5, 5.41) is 7.26. The second-order valence-corrected chi connectivity index (χ2v) is 4.05. The number of hydrogen-bond donors (Lipinski definition) is 1. The van der Waals surface area contributed by atoms with Crippen molar-refractivity contribution in [3.63, 3.8) is 0 Å². The van der Waals surface area contributed by atoms with Gasteiger partial charge < -0.3 is 5.32 Å². The summed E-state index contributed by atoms with van der Waals surface area (Å²) in [7, 11) is 0. The minimum Gasteiger partial charge on any atom is -0.319 e. The zero-order valence-electron chi connectivity index (χ0n) is 10.8. The Morgan fingerprint density at radius 3 is 2.56 bits per heavy atom. The van der Waals surface area contributed by atoms with Gasteiger partial charge in [0, 0.05) is 24.5 Å². The first-order valence-corrected chi connectivity index (χ1v) is 5.89. The fourth-order valence-corrected chi connectivity index (χ4v) is 1.87. The molecule has 0 unspecified atom stereocenters. The van der Waals surface area contributed by atoms with Crippen molar-refractivity contribution in [1.29, 1.82) is 0 Å². The Labute approximate surface area is 106 Å². The lowest BCUT2D eigenvalue weighted by Gasteiger charge is -2.05. The molecule has 1 N–H and O–H groups in total. The first-order valence-electron chi connectivity index (χ1n) is 5.89. The van der Waals surface area contributed by atoms with Gasteiger partial charge in [-0.05, 0) is 32.9 Å². The van der Waals surface area contributed by atoms with Crippen molar-refractivity contribution in [2.75, 3.05) is 5.32 Å². The zero-order chi connectivity index (χ0) is 13.1. The van der Waals surface area contributed by atoms with Gasteiger partial charge in [0.2, 0.25) is 0 Å². The topological polar surface area (TPSA) is 59.8 Å². The Balaban J connectivity index is 2.25. The highest BCUT2D eigenvalue weighted by Crippen LogP contribution is 2.20. The van der Waals surface area contributed by atoms with Crippen molar-refractivity contribution in [3.8, 4) is 0 Å². The van der Waals surface area contributed by atoms with Crippen LogP contribution in [-0.4, -0.2) is 20.7 Å². The molecule has 5 nitrogen and oxygen atoms in total. The number of rotatable bonds is 3. The molecule has 0 saturated carbocycles. The third-order valence-corrected chi connectivity index (χ3v) is 2.86. The van der Waals surface area contributed by atoms with E-state index in [1.54, 1.807) is 24.5 Å². The molecule has 0 spiro atoms. The summed E-state index contributed by atoms with van der Waals surface area (Å²) in [6, 6.07) is 3.37. The molecule has 2 rings (SSSR count). The average Bonchev–Trinajstić information content (AvgIpc) is 2.67. The highest BCUT2D eigenvalue weighted by atomic mass is 16.1. The van der Waals surface area contributed by atoms with Gasteiger partial charge in [0.15, 0.2) is 0 Å². The van der Waals surface area contributed by atoms with Crippen LogP contribution in [0.1, 0.15) is 28.7 Å². The predicted octanol–water partition coefficient (Wildman–Crippen LogP) is 2.17. The summed E-state index contributed by atoms with van der Waals surface area (Å²) in [5.41, 5.74) is 3.18. The number of carbonyl (C=O) groups excluding carboxylic acids is 1. The van der Waals surface area contributed by atoms with Gasteiger partial charge in [0.25, 0.3) is 5.91 Å². The molecule has 0 radical (unpaired) electrons. The lowest BCUT2D eigenvalue weighted by molar-refractivity contribution is 0.102. The van der Waals surface area contributed by atoms with Crippen LogP contribution in [0, 0.1) is 13.8 Å². The molecule has 0 aliphatic heterocycles. The number of hydrogen-bond acceptors (Lipinski definition) is 3. The molecule has 0 aliphatic carbocycles. The van der Waals surface area contributed by atoms with Gasteiger partial charge in [-0.2, -0.15) is 5.10 Å². The molecular formula is C13H16N4O. The summed E-state index contributed by atoms with van der Waals surface area (Å²) in [4.78, 5) is 15.9. The first-order chi connectivity index (χ1) is 8.63. The molecule has 0 bridgehead atoms. The second kappa shape index (κ2) is 5.00. The smallest absolute Gasteiger partial charge is 0.255 e. The maximum absolute atomic E-state index is 12.0. The molecule has 1 amide bonds. The maximum atomic E-state index is 12.0. The molecule has 0 aliphatic rings. The number of aryl methyl sites for hydroxylation is 2. The fraction of sp³-hybridized carbons (Fsp3) is 0.308. The maximum Gasteiger partial charge on any atom is 0.255 e. The van der Waals surface area contributed by atoms with Crippen LogP contribution < -0.4 is 5.32 Å². The standard InChI is InChI=1S/C13H16N4O/c1-4-17-10(3)12(9(2)16-17)15-13(18)11-5-7-14-8-6-11/h5-8H,4H2,1-3H3,(H,15,18).